The fourth-order valence-electron chi connectivity index (χ4n) is 2.66. The minimum atomic E-state index is 0.575. The van der Waals surface area contributed by atoms with Crippen LogP contribution in [0.25, 0.3) is 0 Å². The summed E-state index contributed by atoms with van der Waals surface area (Å²) in [7, 11) is 0. The lowest BCUT2D eigenvalue weighted by Gasteiger charge is -2.14. The summed E-state index contributed by atoms with van der Waals surface area (Å²) in [4.78, 5) is 0. The predicted octanol–water partition coefficient (Wildman–Crippen LogP) is 3.66. The maximum atomic E-state index is 5.97. The van der Waals surface area contributed by atoms with Crippen LogP contribution in [0.5, 0.6) is 0 Å². The van der Waals surface area contributed by atoms with E-state index in [1.165, 1.54) is 25.7 Å². The Labute approximate surface area is 117 Å². The topological polar surface area (TPSA) is 42.7 Å². The summed E-state index contributed by atoms with van der Waals surface area (Å²) in [6, 6.07) is 8.30. The minimum absolute atomic E-state index is 0.575. The van der Waals surface area contributed by atoms with Crippen LogP contribution in [0.15, 0.2) is 30.6 Å². The molecule has 5 heteroatoms. The van der Waals surface area contributed by atoms with Crippen LogP contribution in [0, 0.1) is 0 Å². The molecule has 100 valence electrons. The monoisotopic (exact) mass is 276 g/mol. The van der Waals surface area contributed by atoms with Crippen molar-refractivity contribution in [2.24, 2.45) is 0 Å². The summed E-state index contributed by atoms with van der Waals surface area (Å²) in [5, 5.41) is 12.3. The zero-order valence-corrected chi connectivity index (χ0v) is 11.5. The average Bonchev–Trinajstić information content (AvgIpc) is 3.07. The third kappa shape index (κ3) is 2.89. The lowest BCUT2D eigenvalue weighted by molar-refractivity contribution is 0.499. The first-order valence-corrected chi connectivity index (χ1v) is 7.08. The fraction of sp³-hybridized carbons (Fsp3) is 0.429. The molecule has 0 bridgehead atoms. The van der Waals surface area contributed by atoms with Gasteiger partial charge in [-0.1, -0.05) is 30.5 Å². The van der Waals surface area contributed by atoms with Crippen molar-refractivity contribution in [3.8, 4) is 0 Å². The van der Waals surface area contributed by atoms with Gasteiger partial charge < -0.3 is 9.88 Å². The van der Waals surface area contributed by atoms with Crippen LogP contribution >= 0.6 is 11.6 Å². The van der Waals surface area contributed by atoms with Gasteiger partial charge in [0.05, 0.1) is 6.54 Å². The van der Waals surface area contributed by atoms with Crippen LogP contribution in [-0.4, -0.2) is 14.8 Å². The van der Waals surface area contributed by atoms with Gasteiger partial charge >= 0.3 is 0 Å². The fourth-order valence-corrected chi connectivity index (χ4v) is 2.85. The number of aromatic nitrogens is 3. The maximum Gasteiger partial charge on any atom is 0.152 e. The minimum Gasteiger partial charge on any atom is -0.378 e. The molecule has 0 saturated heterocycles. The molecular weight excluding hydrogens is 260 g/mol. The van der Waals surface area contributed by atoms with E-state index < -0.39 is 0 Å². The van der Waals surface area contributed by atoms with Crippen molar-refractivity contribution in [2.45, 2.75) is 38.3 Å². The summed E-state index contributed by atoms with van der Waals surface area (Å²) in [5.41, 5.74) is 1.01. The van der Waals surface area contributed by atoms with Gasteiger partial charge in [0.25, 0.3) is 0 Å². The van der Waals surface area contributed by atoms with E-state index in [4.69, 9.17) is 11.6 Å². The highest BCUT2D eigenvalue weighted by molar-refractivity contribution is 6.30. The SMILES string of the molecule is Clc1cccc(NCc2nncn2C2CCCC2)c1. The number of halogens is 1. The van der Waals surface area contributed by atoms with E-state index in [2.05, 4.69) is 20.1 Å². The highest BCUT2D eigenvalue weighted by atomic mass is 35.5. The zero-order valence-electron chi connectivity index (χ0n) is 10.7. The predicted molar refractivity (Wildman–Crippen MR) is 76.3 cm³/mol. The number of benzene rings is 1. The summed E-state index contributed by atoms with van der Waals surface area (Å²) < 4.78 is 2.21. The van der Waals surface area contributed by atoms with Gasteiger partial charge in [-0.05, 0) is 31.0 Å². The van der Waals surface area contributed by atoms with Crippen molar-refractivity contribution in [1.82, 2.24) is 14.8 Å². The Morgan fingerprint density at radius 3 is 2.95 bits per heavy atom. The first-order chi connectivity index (χ1) is 9.33. The second-order valence-electron chi connectivity index (χ2n) is 4.96. The van der Waals surface area contributed by atoms with Crippen molar-refractivity contribution in [2.75, 3.05) is 5.32 Å². The second kappa shape index (κ2) is 5.61. The van der Waals surface area contributed by atoms with E-state index >= 15 is 0 Å². The Hall–Kier alpha value is -1.55. The van der Waals surface area contributed by atoms with Crippen LogP contribution in [0.1, 0.15) is 37.5 Å². The molecular formula is C14H17ClN4. The van der Waals surface area contributed by atoms with E-state index in [1.54, 1.807) is 0 Å². The summed E-state index contributed by atoms with van der Waals surface area (Å²) in [5.74, 6) is 0.992. The molecule has 0 amide bonds. The molecule has 1 aliphatic carbocycles. The number of hydrogen-bond donors (Lipinski definition) is 1. The van der Waals surface area contributed by atoms with E-state index in [-0.39, 0.29) is 0 Å². The molecule has 0 radical (unpaired) electrons. The molecule has 1 heterocycles. The number of anilines is 1. The summed E-state index contributed by atoms with van der Waals surface area (Å²) >= 11 is 5.97. The molecule has 0 unspecified atom stereocenters. The Kier molecular flexibility index (Phi) is 3.69. The molecule has 1 aliphatic rings. The van der Waals surface area contributed by atoms with Crippen molar-refractivity contribution in [1.29, 1.82) is 0 Å². The lowest BCUT2D eigenvalue weighted by atomic mass is 10.2. The first kappa shape index (κ1) is 12.5. The molecule has 0 atom stereocenters. The van der Waals surface area contributed by atoms with Gasteiger partial charge in [-0.25, -0.2) is 0 Å². The Balaban J connectivity index is 1.68. The van der Waals surface area contributed by atoms with Crippen LogP contribution in [-0.2, 0) is 6.54 Å². The molecule has 1 saturated carbocycles. The first-order valence-electron chi connectivity index (χ1n) is 6.71. The molecule has 4 nitrogen and oxygen atoms in total. The Morgan fingerprint density at radius 1 is 1.32 bits per heavy atom. The third-order valence-corrected chi connectivity index (χ3v) is 3.88. The number of rotatable bonds is 4. The standard InChI is InChI=1S/C14H17ClN4/c15-11-4-3-5-12(8-11)16-9-14-18-17-10-19(14)13-6-1-2-7-13/h3-5,8,10,13,16H,1-2,6-7,9H2. The number of nitrogens with zero attached hydrogens (tertiary/aromatic N) is 3. The van der Waals surface area contributed by atoms with Crippen molar-refractivity contribution >= 4 is 17.3 Å². The van der Waals surface area contributed by atoms with Crippen LogP contribution in [0.2, 0.25) is 5.02 Å². The number of nitrogens with one attached hydrogen (secondary N) is 1. The molecule has 1 fully saturated rings. The van der Waals surface area contributed by atoms with Gasteiger partial charge in [-0.2, -0.15) is 0 Å². The van der Waals surface area contributed by atoms with E-state index in [9.17, 15) is 0 Å². The number of hydrogen-bond acceptors (Lipinski definition) is 3. The smallest absolute Gasteiger partial charge is 0.152 e. The van der Waals surface area contributed by atoms with Gasteiger partial charge in [0.15, 0.2) is 5.82 Å². The van der Waals surface area contributed by atoms with Gasteiger partial charge in [0, 0.05) is 16.8 Å². The molecule has 0 spiro atoms. The Bertz CT molecular complexity index is 546. The molecule has 1 N–H and O–H groups in total. The molecule has 0 aliphatic heterocycles. The maximum absolute atomic E-state index is 5.97. The van der Waals surface area contributed by atoms with E-state index in [1.807, 2.05) is 30.6 Å². The average molecular weight is 277 g/mol. The van der Waals surface area contributed by atoms with Crippen LogP contribution in [0.4, 0.5) is 5.69 Å². The van der Waals surface area contributed by atoms with Crippen molar-refractivity contribution in [3.05, 3.63) is 41.4 Å². The normalized spacial score (nSPS) is 15.8. The van der Waals surface area contributed by atoms with Gasteiger partial charge in [0.1, 0.15) is 6.33 Å². The quantitative estimate of drug-likeness (QED) is 0.927. The zero-order chi connectivity index (χ0) is 13.1. The molecule has 2 aromatic rings. The second-order valence-corrected chi connectivity index (χ2v) is 5.39. The van der Waals surface area contributed by atoms with Crippen molar-refractivity contribution in [3.63, 3.8) is 0 Å². The highest BCUT2D eigenvalue weighted by Gasteiger charge is 2.19. The van der Waals surface area contributed by atoms with Gasteiger partial charge in [0.2, 0.25) is 0 Å². The molecule has 1 aromatic heterocycles. The Morgan fingerprint density at radius 2 is 2.16 bits per heavy atom. The molecule has 1 aromatic carbocycles. The largest absolute Gasteiger partial charge is 0.378 e. The van der Waals surface area contributed by atoms with Crippen LogP contribution in [0.3, 0.4) is 0 Å². The van der Waals surface area contributed by atoms with E-state index in [0.717, 1.165) is 16.5 Å². The summed E-state index contributed by atoms with van der Waals surface area (Å²) in [6.07, 6.45) is 6.95. The molecule has 3 rings (SSSR count). The lowest BCUT2D eigenvalue weighted by Crippen LogP contribution is -2.12. The third-order valence-electron chi connectivity index (χ3n) is 3.64. The van der Waals surface area contributed by atoms with Gasteiger partial charge in [-0.15, -0.1) is 10.2 Å². The summed E-state index contributed by atoms with van der Waals surface area (Å²) in [6.45, 7) is 0.677. The van der Waals surface area contributed by atoms with Crippen LogP contribution < -0.4 is 5.32 Å². The van der Waals surface area contributed by atoms with Gasteiger partial charge in [-0.3, -0.25) is 0 Å². The van der Waals surface area contributed by atoms with Crippen molar-refractivity contribution < 1.29 is 0 Å². The highest BCUT2D eigenvalue weighted by Crippen LogP contribution is 2.30. The van der Waals surface area contributed by atoms with E-state index in [0.29, 0.717) is 12.6 Å². The molecule has 19 heavy (non-hydrogen) atoms.